The molecular formula is C44H78O10. The molecule has 1 rings (SSSR count). The number of allylic oxidation sites excluding steroid dienone is 3. The van der Waals surface area contributed by atoms with Crippen LogP contribution in [0, 0.1) is 0 Å². The van der Waals surface area contributed by atoms with Gasteiger partial charge >= 0.3 is 11.9 Å². The third kappa shape index (κ3) is 26.7. The number of ether oxygens (including phenoxy) is 4. The predicted molar refractivity (Wildman–Crippen MR) is 214 cm³/mol. The Morgan fingerprint density at radius 2 is 1.09 bits per heavy atom. The fourth-order valence-corrected chi connectivity index (χ4v) is 6.34. The molecule has 0 spiro atoms. The van der Waals surface area contributed by atoms with Crippen LogP contribution in [0.3, 0.4) is 0 Å². The maximum Gasteiger partial charge on any atom is 0.306 e. The summed E-state index contributed by atoms with van der Waals surface area (Å²) in [4.78, 5) is 25.3. The van der Waals surface area contributed by atoms with E-state index in [1.165, 1.54) is 64.2 Å². The standard InChI is InChI=1S/C44H78O10/c1-3-5-7-9-11-13-15-17-19-21-22-24-26-28-30-32-39(46)51-35-37(36-52-44-43(50)42(49)41(48)38(34-45)54-44)53-40(47)33-31-29-27-25-23-20-18-16-14-12-10-8-6-4-2/h15-16,18-19,37-38,41-45,48-50H,3-14,20-36H2,1-2H3/b18-16+/t17?,37-,38-,41+,42?,43?,44-/m0/s1. The van der Waals surface area contributed by atoms with Crippen molar-refractivity contribution in [1.82, 2.24) is 0 Å². The van der Waals surface area contributed by atoms with Gasteiger partial charge < -0.3 is 39.4 Å². The Kier molecular flexibility index (Phi) is 32.7. The largest absolute Gasteiger partial charge is 0.462 e. The van der Waals surface area contributed by atoms with E-state index >= 15 is 0 Å². The number of carbonyl (C=O) groups is 2. The average molecular weight is 767 g/mol. The van der Waals surface area contributed by atoms with E-state index in [0.29, 0.717) is 12.8 Å². The van der Waals surface area contributed by atoms with Gasteiger partial charge in [-0.25, -0.2) is 0 Å². The molecule has 0 radical (unpaired) electrons. The lowest BCUT2D eigenvalue weighted by Crippen LogP contribution is -2.59. The molecule has 0 aromatic heterocycles. The van der Waals surface area contributed by atoms with Gasteiger partial charge in [0.05, 0.1) is 13.2 Å². The van der Waals surface area contributed by atoms with E-state index in [2.05, 4.69) is 43.9 Å². The number of rotatable bonds is 35. The zero-order valence-electron chi connectivity index (χ0n) is 34.0. The number of unbranched alkanes of at least 4 members (excludes halogenated alkanes) is 20. The lowest BCUT2D eigenvalue weighted by Gasteiger charge is -2.39. The highest BCUT2D eigenvalue weighted by Gasteiger charge is 2.44. The molecule has 1 aliphatic rings. The molecule has 2 unspecified atom stereocenters. The van der Waals surface area contributed by atoms with E-state index in [1.54, 1.807) is 0 Å². The maximum absolute atomic E-state index is 12.7. The van der Waals surface area contributed by atoms with Crippen LogP contribution in [0.4, 0.5) is 0 Å². The zero-order valence-corrected chi connectivity index (χ0v) is 34.0. The van der Waals surface area contributed by atoms with Crippen molar-refractivity contribution in [2.75, 3.05) is 19.8 Å². The first kappa shape index (κ1) is 50.0. The number of carbonyl (C=O) groups excluding carboxylic acids is 2. The van der Waals surface area contributed by atoms with Gasteiger partial charge in [-0.2, -0.15) is 0 Å². The van der Waals surface area contributed by atoms with Crippen LogP contribution in [0.15, 0.2) is 30.0 Å². The van der Waals surface area contributed by atoms with Crippen LogP contribution < -0.4 is 0 Å². The quantitative estimate of drug-likeness (QED) is 0.0213. The third-order valence-corrected chi connectivity index (χ3v) is 9.83. The van der Waals surface area contributed by atoms with Gasteiger partial charge in [0, 0.05) is 12.8 Å². The van der Waals surface area contributed by atoms with E-state index in [9.17, 15) is 30.0 Å². The monoisotopic (exact) mass is 767 g/mol. The molecule has 0 bridgehead atoms. The molecule has 1 saturated heterocycles. The van der Waals surface area contributed by atoms with Crippen molar-refractivity contribution in [2.45, 2.75) is 218 Å². The Morgan fingerprint density at radius 1 is 0.611 bits per heavy atom. The first-order chi connectivity index (χ1) is 26.3. The van der Waals surface area contributed by atoms with Gasteiger partial charge in [0.25, 0.3) is 0 Å². The Hall–Kier alpha value is -2.04. The lowest BCUT2D eigenvalue weighted by atomic mass is 9.99. The molecule has 10 heteroatoms. The molecule has 1 aliphatic heterocycles. The molecule has 0 aromatic carbocycles. The van der Waals surface area contributed by atoms with E-state index < -0.39 is 55.4 Å². The van der Waals surface area contributed by atoms with Gasteiger partial charge in [-0.1, -0.05) is 116 Å². The molecule has 1 heterocycles. The summed E-state index contributed by atoms with van der Waals surface area (Å²) in [5, 5.41) is 40.0. The Morgan fingerprint density at radius 3 is 1.63 bits per heavy atom. The molecule has 10 nitrogen and oxygen atoms in total. The molecule has 0 amide bonds. The molecule has 54 heavy (non-hydrogen) atoms. The van der Waals surface area contributed by atoms with Crippen molar-refractivity contribution in [2.24, 2.45) is 0 Å². The molecule has 0 saturated carbocycles. The normalized spacial score (nSPS) is 20.4. The van der Waals surface area contributed by atoms with E-state index in [4.69, 9.17) is 18.9 Å². The summed E-state index contributed by atoms with van der Waals surface area (Å²) in [6, 6.07) is 0. The van der Waals surface area contributed by atoms with Gasteiger partial charge in [-0.3, -0.25) is 9.59 Å². The summed E-state index contributed by atoms with van der Waals surface area (Å²) in [5.41, 5.74) is 3.29. The summed E-state index contributed by atoms with van der Waals surface area (Å²) in [7, 11) is 0. The topological polar surface area (TPSA) is 152 Å². The maximum atomic E-state index is 12.7. The molecule has 1 fully saturated rings. The van der Waals surface area contributed by atoms with Crippen molar-refractivity contribution < 1.29 is 49.0 Å². The minimum atomic E-state index is -1.60. The number of hydrogen-bond donors (Lipinski definition) is 4. The first-order valence-corrected chi connectivity index (χ1v) is 21.7. The van der Waals surface area contributed by atoms with Crippen LogP contribution >= 0.6 is 0 Å². The molecule has 4 N–H and O–H groups in total. The summed E-state index contributed by atoms with van der Waals surface area (Å²) >= 11 is 0. The summed E-state index contributed by atoms with van der Waals surface area (Å²) < 4.78 is 22.1. The Bertz CT molecular complexity index is 992. The fraction of sp³-hybridized carbons (Fsp3) is 0.841. The van der Waals surface area contributed by atoms with Crippen LogP contribution in [0.25, 0.3) is 0 Å². The fourth-order valence-electron chi connectivity index (χ4n) is 6.34. The van der Waals surface area contributed by atoms with Crippen molar-refractivity contribution in [3.8, 4) is 0 Å². The van der Waals surface area contributed by atoms with Gasteiger partial charge in [0.2, 0.25) is 0 Å². The zero-order chi connectivity index (χ0) is 39.5. The van der Waals surface area contributed by atoms with Crippen LogP contribution in [0.5, 0.6) is 0 Å². The van der Waals surface area contributed by atoms with E-state index in [1.807, 2.05) is 0 Å². The summed E-state index contributed by atoms with van der Waals surface area (Å²) in [5.74, 6) is -0.837. The van der Waals surface area contributed by atoms with Crippen LogP contribution in [-0.4, -0.2) is 89.0 Å². The SMILES string of the molecule is CCCCCCCC=C=CCCCCCCCC(=O)OC[C@@H](CO[C@H]1O[C@@H](CO)[C@@H](O)C(O)C1O)OC(=O)CCCCCCC/C=C/CCCCCCC. The van der Waals surface area contributed by atoms with Crippen LogP contribution in [0.2, 0.25) is 0 Å². The average Bonchev–Trinajstić information content (AvgIpc) is 3.17. The Balaban J connectivity index is 2.38. The summed E-state index contributed by atoms with van der Waals surface area (Å²) in [6.45, 7) is 3.36. The van der Waals surface area contributed by atoms with Crippen molar-refractivity contribution in [1.29, 1.82) is 0 Å². The molecular weight excluding hydrogens is 688 g/mol. The minimum Gasteiger partial charge on any atom is -0.462 e. The second-order valence-corrected chi connectivity index (χ2v) is 14.9. The minimum absolute atomic E-state index is 0.216. The van der Waals surface area contributed by atoms with Crippen LogP contribution in [-0.2, 0) is 28.5 Å². The predicted octanol–water partition coefficient (Wildman–Crippen LogP) is 8.71. The highest BCUT2D eigenvalue weighted by atomic mass is 16.7. The highest BCUT2D eigenvalue weighted by Crippen LogP contribution is 2.22. The second-order valence-electron chi connectivity index (χ2n) is 14.9. The Labute approximate surface area is 327 Å². The third-order valence-electron chi connectivity index (χ3n) is 9.83. The molecule has 6 atom stereocenters. The molecule has 0 aliphatic carbocycles. The van der Waals surface area contributed by atoms with Crippen LogP contribution in [0.1, 0.15) is 181 Å². The number of hydrogen-bond acceptors (Lipinski definition) is 10. The van der Waals surface area contributed by atoms with Gasteiger partial charge in [0.1, 0.15) is 31.0 Å². The van der Waals surface area contributed by atoms with Gasteiger partial charge in [-0.05, 0) is 76.4 Å². The number of aliphatic hydroxyl groups excluding tert-OH is 4. The number of esters is 2. The lowest BCUT2D eigenvalue weighted by molar-refractivity contribution is -0.305. The highest BCUT2D eigenvalue weighted by molar-refractivity contribution is 5.70. The number of aliphatic hydroxyl groups is 4. The smallest absolute Gasteiger partial charge is 0.306 e. The van der Waals surface area contributed by atoms with Gasteiger partial charge in [0.15, 0.2) is 12.4 Å². The summed E-state index contributed by atoms with van der Waals surface area (Å²) in [6.07, 6.45) is 28.2. The van der Waals surface area contributed by atoms with Crippen molar-refractivity contribution in [3.05, 3.63) is 30.0 Å². The first-order valence-electron chi connectivity index (χ1n) is 21.7. The van der Waals surface area contributed by atoms with E-state index in [0.717, 1.165) is 77.0 Å². The second kappa shape index (κ2) is 35.4. The van der Waals surface area contributed by atoms with Crippen molar-refractivity contribution >= 4 is 11.9 Å². The van der Waals surface area contributed by atoms with E-state index in [-0.39, 0.29) is 26.1 Å². The molecule has 0 aromatic rings. The van der Waals surface area contributed by atoms with Gasteiger partial charge in [-0.15, -0.1) is 5.73 Å². The van der Waals surface area contributed by atoms with Crippen molar-refractivity contribution in [3.63, 3.8) is 0 Å². The molecule has 314 valence electrons.